The number of carbonyl (C=O) groups excluding carboxylic acids is 1. The number of rotatable bonds is 9. The third kappa shape index (κ3) is 5.64. The highest BCUT2D eigenvalue weighted by atomic mass is 32.2. The number of sulfonamides is 1. The Kier molecular flexibility index (Phi) is 8.77. The zero-order valence-electron chi connectivity index (χ0n) is 22.6. The summed E-state index contributed by atoms with van der Waals surface area (Å²) >= 11 is 0. The zero-order chi connectivity index (χ0) is 26.7. The van der Waals surface area contributed by atoms with E-state index >= 15 is 0 Å². The van der Waals surface area contributed by atoms with Gasteiger partial charge in [0.15, 0.2) is 0 Å². The van der Waals surface area contributed by atoms with Gasteiger partial charge < -0.3 is 9.84 Å². The molecule has 0 fully saturated rings. The standard InChI is InChI=1S/C30H41NO5S/c1-5-27(32)20(2)30(33)36-28(22-13-7-6-8-14-22)21(3)31(4)37(34,35)29-25-17-11-9-15-23(25)19-24-16-10-12-18-26(24)29/h6-8,13-14,19-21,27-28,32H,5,9-12,15-18H2,1-4H3/t20-,21+,27+,28+/m1/s1. The topological polar surface area (TPSA) is 83.9 Å². The monoisotopic (exact) mass is 527 g/mol. The highest BCUT2D eigenvalue weighted by molar-refractivity contribution is 7.89. The Hall–Kier alpha value is -2.22. The Morgan fingerprint density at radius 3 is 2.05 bits per heavy atom. The third-order valence-electron chi connectivity index (χ3n) is 8.30. The third-order valence-corrected chi connectivity index (χ3v) is 10.4. The first-order valence-electron chi connectivity index (χ1n) is 13.7. The number of aliphatic hydroxyl groups is 1. The maximum absolute atomic E-state index is 14.4. The molecule has 7 heteroatoms. The Morgan fingerprint density at radius 2 is 1.51 bits per heavy atom. The number of aryl methyl sites for hydroxylation is 2. The Morgan fingerprint density at radius 1 is 0.973 bits per heavy atom. The quantitative estimate of drug-likeness (QED) is 0.456. The van der Waals surface area contributed by atoms with Crippen molar-refractivity contribution in [3.8, 4) is 0 Å². The van der Waals surface area contributed by atoms with Crippen LogP contribution in [0.15, 0.2) is 41.3 Å². The van der Waals surface area contributed by atoms with Crippen LogP contribution in [0.3, 0.4) is 0 Å². The van der Waals surface area contributed by atoms with Crippen LogP contribution in [-0.2, 0) is 45.2 Å². The molecule has 1 N–H and O–H groups in total. The summed E-state index contributed by atoms with van der Waals surface area (Å²) in [6.07, 6.45) is 6.38. The molecule has 0 radical (unpaired) electrons. The molecule has 2 aliphatic rings. The number of carbonyl (C=O) groups is 1. The molecular formula is C30H41NO5S. The number of benzene rings is 2. The van der Waals surface area contributed by atoms with Gasteiger partial charge in [-0.25, -0.2) is 8.42 Å². The van der Waals surface area contributed by atoms with Gasteiger partial charge in [-0.2, -0.15) is 4.31 Å². The second-order valence-corrected chi connectivity index (χ2v) is 12.6. The number of nitrogens with zero attached hydrogens (tertiary/aromatic N) is 1. The van der Waals surface area contributed by atoms with E-state index in [1.165, 1.54) is 15.4 Å². The summed E-state index contributed by atoms with van der Waals surface area (Å²) < 4.78 is 36.1. The molecule has 2 aromatic rings. The lowest BCUT2D eigenvalue weighted by Gasteiger charge is -2.34. The van der Waals surface area contributed by atoms with E-state index in [4.69, 9.17) is 4.74 Å². The Bertz CT molecular complexity index is 1180. The molecular weight excluding hydrogens is 486 g/mol. The summed E-state index contributed by atoms with van der Waals surface area (Å²) in [4.78, 5) is 13.5. The minimum absolute atomic E-state index is 0.431. The normalized spacial score (nSPS) is 18.9. The van der Waals surface area contributed by atoms with Gasteiger partial charge in [0.25, 0.3) is 0 Å². The molecule has 4 rings (SSSR count). The molecule has 0 unspecified atom stereocenters. The molecule has 0 saturated heterocycles. The first-order valence-corrected chi connectivity index (χ1v) is 15.2. The average molecular weight is 528 g/mol. The average Bonchev–Trinajstić information content (AvgIpc) is 2.93. The number of fused-ring (bicyclic) bond motifs is 2. The highest BCUT2D eigenvalue weighted by Gasteiger charge is 2.38. The summed E-state index contributed by atoms with van der Waals surface area (Å²) in [5.41, 5.74) is 5.05. The molecule has 0 aromatic heterocycles. The van der Waals surface area contributed by atoms with Gasteiger partial charge in [0.2, 0.25) is 10.0 Å². The first-order chi connectivity index (χ1) is 17.7. The van der Waals surface area contributed by atoms with Gasteiger partial charge in [-0.05, 0) is 99.5 Å². The van der Waals surface area contributed by atoms with Crippen LogP contribution < -0.4 is 0 Å². The van der Waals surface area contributed by atoms with Crippen molar-refractivity contribution in [2.45, 2.75) is 102 Å². The van der Waals surface area contributed by atoms with Crippen LogP contribution in [0.5, 0.6) is 0 Å². The van der Waals surface area contributed by atoms with Crippen LogP contribution in [-0.4, -0.2) is 43.0 Å². The second kappa shape index (κ2) is 11.7. The van der Waals surface area contributed by atoms with Gasteiger partial charge in [0, 0.05) is 7.05 Å². The van der Waals surface area contributed by atoms with Gasteiger partial charge in [-0.3, -0.25) is 4.79 Å². The molecule has 4 atom stereocenters. The van der Waals surface area contributed by atoms with E-state index in [1.54, 1.807) is 20.9 Å². The van der Waals surface area contributed by atoms with E-state index in [0.717, 1.165) is 68.1 Å². The van der Waals surface area contributed by atoms with Gasteiger partial charge >= 0.3 is 5.97 Å². The fourth-order valence-corrected chi connectivity index (χ4v) is 7.71. The smallest absolute Gasteiger partial charge is 0.311 e. The van der Waals surface area contributed by atoms with Crippen LogP contribution >= 0.6 is 0 Å². The van der Waals surface area contributed by atoms with E-state index in [0.29, 0.717) is 11.3 Å². The van der Waals surface area contributed by atoms with Crippen molar-refractivity contribution in [1.29, 1.82) is 0 Å². The van der Waals surface area contributed by atoms with Crippen LogP contribution in [0.2, 0.25) is 0 Å². The van der Waals surface area contributed by atoms with Crippen LogP contribution in [0.4, 0.5) is 0 Å². The molecule has 37 heavy (non-hydrogen) atoms. The summed E-state index contributed by atoms with van der Waals surface area (Å²) in [5.74, 6) is -1.24. The molecule has 0 aliphatic heterocycles. The fraction of sp³-hybridized carbons (Fsp3) is 0.567. The molecule has 2 aromatic carbocycles. The van der Waals surface area contributed by atoms with Gasteiger partial charge in [0.05, 0.1) is 23.0 Å². The number of hydrogen-bond acceptors (Lipinski definition) is 5. The van der Waals surface area contributed by atoms with Crippen LogP contribution in [0.25, 0.3) is 0 Å². The molecule has 0 amide bonds. The largest absolute Gasteiger partial charge is 0.455 e. The number of likely N-dealkylation sites (N-methyl/N-ethyl adjacent to an activating group) is 1. The van der Waals surface area contributed by atoms with Crippen molar-refractivity contribution in [3.63, 3.8) is 0 Å². The van der Waals surface area contributed by atoms with E-state index in [-0.39, 0.29) is 0 Å². The van der Waals surface area contributed by atoms with Gasteiger partial charge in [0.1, 0.15) is 6.10 Å². The summed E-state index contributed by atoms with van der Waals surface area (Å²) in [6.45, 7) is 5.25. The molecule has 0 heterocycles. The predicted molar refractivity (Wildman–Crippen MR) is 145 cm³/mol. The Balaban J connectivity index is 1.73. The highest BCUT2D eigenvalue weighted by Crippen LogP contribution is 2.39. The zero-order valence-corrected chi connectivity index (χ0v) is 23.4. The number of hydrogen-bond donors (Lipinski definition) is 1. The fourth-order valence-electron chi connectivity index (χ4n) is 5.78. The summed E-state index contributed by atoms with van der Waals surface area (Å²) in [7, 11) is -2.26. The molecule has 0 saturated carbocycles. The molecule has 2 aliphatic carbocycles. The van der Waals surface area contributed by atoms with Crippen LogP contribution in [0, 0.1) is 5.92 Å². The van der Waals surface area contributed by atoms with Gasteiger partial charge in [-0.15, -0.1) is 0 Å². The number of esters is 1. The van der Waals surface area contributed by atoms with E-state index in [2.05, 4.69) is 6.07 Å². The van der Waals surface area contributed by atoms with Crippen molar-refractivity contribution in [2.75, 3.05) is 7.05 Å². The second-order valence-electron chi connectivity index (χ2n) is 10.7. The van der Waals surface area contributed by atoms with E-state index in [1.807, 2.05) is 37.3 Å². The summed E-state index contributed by atoms with van der Waals surface area (Å²) in [6, 6.07) is 10.9. The van der Waals surface area contributed by atoms with E-state index < -0.39 is 40.2 Å². The predicted octanol–water partition coefficient (Wildman–Crippen LogP) is 5.14. The van der Waals surface area contributed by atoms with Crippen molar-refractivity contribution < 1.29 is 23.1 Å². The molecule has 202 valence electrons. The first kappa shape index (κ1) is 27.8. The lowest BCUT2D eigenvalue weighted by molar-refractivity contribution is -0.160. The Labute approximate surface area is 222 Å². The van der Waals surface area contributed by atoms with Crippen LogP contribution in [0.1, 0.15) is 86.8 Å². The minimum Gasteiger partial charge on any atom is -0.455 e. The van der Waals surface area contributed by atoms with Crippen molar-refractivity contribution in [3.05, 3.63) is 64.2 Å². The maximum Gasteiger partial charge on any atom is 0.311 e. The van der Waals surface area contributed by atoms with Gasteiger partial charge in [-0.1, -0.05) is 43.3 Å². The lowest BCUT2D eigenvalue weighted by atomic mass is 9.83. The molecule has 0 bridgehead atoms. The number of ether oxygens (including phenoxy) is 1. The molecule has 6 nitrogen and oxygen atoms in total. The SMILES string of the molecule is CC[C@H](O)[C@@H](C)C(=O)O[C@H](c1ccccc1)[C@H](C)N(C)S(=O)(=O)c1c2c(cc3c1CCCC3)CCCC2. The molecule has 0 spiro atoms. The van der Waals surface area contributed by atoms with Crippen molar-refractivity contribution >= 4 is 16.0 Å². The number of aliphatic hydroxyl groups excluding tert-OH is 1. The van der Waals surface area contributed by atoms with E-state index in [9.17, 15) is 18.3 Å². The minimum atomic E-state index is -3.86. The maximum atomic E-state index is 14.4. The van der Waals surface area contributed by atoms with Crippen molar-refractivity contribution in [1.82, 2.24) is 4.31 Å². The summed E-state index contributed by atoms with van der Waals surface area (Å²) in [5, 5.41) is 10.2. The van der Waals surface area contributed by atoms with Crippen molar-refractivity contribution in [2.24, 2.45) is 5.92 Å². The lowest BCUT2D eigenvalue weighted by Crippen LogP contribution is -2.42.